The molecule has 0 unspecified atom stereocenters. The van der Waals surface area contributed by atoms with Gasteiger partial charge in [-0.25, -0.2) is 9.67 Å². The van der Waals surface area contributed by atoms with Gasteiger partial charge in [0, 0.05) is 17.7 Å². The number of nitro groups is 1. The lowest BCUT2D eigenvalue weighted by atomic mass is 10.1. The van der Waals surface area contributed by atoms with E-state index in [2.05, 4.69) is 10.1 Å². The standard InChI is InChI=1S/C20H16N4O3S/c1-12-3-7-15(8-4-12)17-19-18(21-13(2)28-19)20(25)23(22-17)11-14-5-9-16(10-6-14)24(26)27/h3-10H,11H2,1-2H3. The largest absolute Gasteiger partial charge is 0.294 e. The zero-order valence-corrected chi connectivity index (χ0v) is 16.1. The van der Waals surface area contributed by atoms with E-state index in [0.717, 1.165) is 26.4 Å². The fourth-order valence-corrected chi connectivity index (χ4v) is 3.89. The third kappa shape index (κ3) is 3.29. The number of nitro benzene ring substituents is 1. The highest BCUT2D eigenvalue weighted by atomic mass is 32.1. The molecule has 0 amide bonds. The number of fused-ring (bicyclic) bond motifs is 1. The average molecular weight is 392 g/mol. The Kier molecular flexibility index (Phi) is 4.48. The van der Waals surface area contributed by atoms with Crippen molar-refractivity contribution in [1.29, 1.82) is 0 Å². The number of hydrogen-bond acceptors (Lipinski definition) is 6. The molecule has 4 aromatic rings. The van der Waals surface area contributed by atoms with Crippen molar-refractivity contribution in [1.82, 2.24) is 14.8 Å². The predicted octanol–water partition coefficient (Wildman–Crippen LogP) is 4.09. The van der Waals surface area contributed by atoms with Gasteiger partial charge in [0.05, 0.1) is 21.2 Å². The lowest BCUT2D eigenvalue weighted by molar-refractivity contribution is -0.384. The van der Waals surface area contributed by atoms with Crippen LogP contribution in [0.2, 0.25) is 0 Å². The van der Waals surface area contributed by atoms with E-state index in [1.165, 1.54) is 28.2 Å². The van der Waals surface area contributed by atoms with E-state index in [4.69, 9.17) is 0 Å². The first-order valence-corrected chi connectivity index (χ1v) is 9.42. The van der Waals surface area contributed by atoms with E-state index < -0.39 is 4.92 Å². The SMILES string of the molecule is Cc1ccc(-c2nn(Cc3ccc([N+](=O)[O-])cc3)c(=O)c3nc(C)sc23)cc1. The number of non-ortho nitro benzene ring substituents is 1. The molecule has 2 aromatic carbocycles. The summed E-state index contributed by atoms with van der Waals surface area (Å²) in [5.41, 5.74) is 3.65. The minimum atomic E-state index is -0.451. The average Bonchev–Trinajstić information content (AvgIpc) is 3.07. The van der Waals surface area contributed by atoms with Crippen LogP contribution >= 0.6 is 11.3 Å². The number of rotatable bonds is 4. The summed E-state index contributed by atoms with van der Waals surface area (Å²) in [4.78, 5) is 27.7. The molecule has 0 N–H and O–H groups in total. The van der Waals surface area contributed by atoms with Crippen LogP contribution in [0.3, 0.4) is 0 Å². The van der Waals surface area contributed by atoms with Gasteiger partial charge in [0.1, 0.15) is 5.69 Å². The number of thiazole rings is 1. The Labute approximate surface area is 164 Å². The normalized spacial score (nSPS) is 11.1. The number of nitrogens with zero attached hydrogens (tertiary/aromatic N) is 4. The number of benzene rings is 2. The third-order valence-electron chi connectivity index (χ3n) is 4.41. The molecule has 0 saturated carbocycles. The van der Waals surface area contributed by atoms with Crippen LogP contribution < -0.4 is 5.56 Å². The van der Waals surface area contributed by atoms with Crippen LogP contribution in [0.4, 0.5) is 5.69 Å². The maximum Gasteiger partial charge on any atom is 0.294 e. The van der Waals surface area contributed by atoms with Crippen molar-refractivity contribution in [2.24, 2.45) is 0 Å². The smallest absolute Gasteiger partial charge is 0.265 e. The van der Waals surface area contributed by atoms with Crippen molar-refractivity contribution in [3.05, 3.63) is 85.1 Å². The van der Waals surface area contributed by atoms with E-state index in [1.807, 2.05) is 38.1 Å². The summed E-state index contributed by atoms with van der Waals surface area (Å²) < 4.78 is 2.14. The molecule has 0 aliphatic heterocycles. The van der Waals surface area contributed by atoms with Gasteiger partial charge in [-0.3, -0.25) is 14.9 Å². The van der Waals surface area contributed by atoms with Gasteiger partial charge in [-0.2, -0.15) is 5.10 Å². The second-order valence-corrected chi connectivity index (χ2v) is 7.71. The van der Waals surface area contributed by atoms with Crippen molar-refractivity contribution in [2.75, 3.05) is 0 Å². The Morgan fingerprint density at radius 3 is 2.39 bits per heavy atom. The summed E-state index contributed by atoms with van der Waals surface area (Å²) in [5.74, 6) is 0. The Hall–Kier alpha value is -3.39. The molecule has 2 aromatic heterocycles. The summed E-state index contributed by atoms with van der Waals surface area (Å²) in [6, 6.07) is 14.1. The minimum absolute atomic E-state index is 0.00924. The molecule has 0 bridgehead atoms. The van der Waals surface area contributed by atoms with Crippen molar-refractivity contribution in [3.8, 4) is 11.3 Å². The van der Waals surface area contributed by atoms with E-state index >= 15 is 0 Å². The van der Waals surface area contributed by atoms with Gasteiger partial charge in [-0.05, 0) is 19.4 Å². The first-order valence-electron chi connectivity index (χ1n) is 8.61. The molecule has 7 nitrogen and oxygen atoms in total. The zero-order valence-electron chi connectivity index (χ0n) is 15.2. The highest BCUT2D eigenvalue weighted by Crippen LogP contribution is 2.29. The third-order valence-corrected chi connectivity index (χ3v) is 5.39. The van der Waals surface area contributed by atoms with Crippen LogP contribution in [0.5, 0.6) is 0 Å². The van der Waals surface area contributed by atoms with E-state index in [1.54, 1.807) is 12.1 Å². The molecule has 8 heteroatoms. The summed E-state index contributed by atoms with van der Waals surface area (Å²) >= 11 is 1.45. The van der Waals surface area contributed by atoms with Gasteiger partial charge in [-0.1, -0.05) is 42.0 Å². The second-order valence-electron chi connectivity index (χ2n) is 6.51. The Morgan fingerprint density at radius 2 is 1.75 bits per heavy atom. The van der Waals surface area contributed by atoms with Crippen LogP contribution in [0.1, 0.15) is 16.1 Å². The summed E-state index contributed by atoms with van der Waals surface area (Å²) in [6.07, 6.45) is 0. The van der Waals surface area contributed by atoms with Crippen molar-refractivity contribution >= 4 is 27.2 Å². The van der Waals surface area contributed by atoms with E-state index in [9.17, 15) is 14.9 Å². The molecule has 0 aliphatic carbocycles. The first-order chi connectivity index (χ1) is 13.4. The molecule has 0 radical (unpaired) electrons. The zero-order chi connectivity index (χ0) is 19.8. The maximum absolute atomic E-state index is 12.9. The number of aromatic nitrogens is 3. The summed E-state index contributed by atoms with van der Waals surface area (Å²) in [5, 5.41) is 16.2. The van der Waals surface area contributed by atoms with Crippen molar-refractivity contribution in [3.63, 3.8) is 0 Å². The Balaban J connectivity index is 1.84. The predicted molar refractivity (Wildman–Crippen MR) is 109 cm³/mol. The Bertz CT molecular complexity index is 1240. The second kappa shape index (κ2) is 6.97. The summed E-state index contributed by atoms with van der Waals surface area (Å²) in [7, 11) is 0. The van der Waals surface area contributed by atoms with Crippen LogP contribution in [0, 0.1) is 24.0 Å². The number of hydrogen-bond donors (Lipinski definition) is 0. The van der Waals surface area contributed by atoms with Gasteiger partial charge < -0.3 is 0 Å². The lowest BCUT2D eigenvalue weighted by Crippen LogP contribution is -2.24. The fraction of sp³-hybridized carbons (Fsp3) is 0.150. The molecule has 140 valence electrons. The molecule has 0 aliphatic rings. The maximum atomic E-state index is 12.9. The highest BCUT2D eigenvalue weighted by Gasteiger charge is 2.17. The van der Waals surface area contributed by atoms with Crippen LogP contribution in [-0.4, -0.2) is 19.7 Å². The first kappa shape index (κ1) is 18.0. The van der Waals surface area contributed by atoms with Gasteiger partial charge >= 0.3 is 0 Å². The van der Waals surface area contributed by atoms with Gasteiger partial charge in [0.15, 0.2) is 5.52 Å². The molecule has 28 heavy (non-hydrogen) atoms. The minimum Gasteiger partial charge on any atom is -0.265 e. The van der Waals surface area contributed by atoms with Crippen LogP contribution in [0.25, 0.3) is 21.5 Å². The van der Waals surface area contributed by atoms with Crippen molar-refractivity contribution < 1.29 is 4.92 Å². The molecule has 4 rings (SSSR count). The van der Waals surface area contributed by atoms with Crippen LogP contribution in [0.15, 0.2) is 53.3 Å². The Morgan fingerprint density at radius 1 is 1.07 bits per heavy atom. The van der Waals surface area contributed by atoms with Gasteiger partial charge in [-0.15, -0.1) is 11.3 Å². The highest BCUT2D eigenvalue weighted by molar-refractivity contribution is 7.19. The van der Waals surface area contributed by atoms with Crippen molar-refractivity contribution in [2.45, 2.75) is 20.4 Å². The molecule has 0 spiro atoms. The van der Waals surface area contributed by atoms with E-state index in [0.29, 0.717) is 11.2 Å². The molecule has 0 atom stereocenters. The summed E-state index contributed by atoms with van der Waals surface area (Å²) in [6.45, 7) is 4.09. The van der Waals surface area contributed by atoms with E-state index in [-0.39, 0.29) is 17.8 Å². The quantitative estimate of drug-likeness (QED) is 0.385. The molecule has 2 heterocycles. The molecule has 0 fully saturated rings. The monoisotopic (exact) mass is 392 g/mol. The number of aryl methyl sites for hydroxylation is 2. The molecular weight excluding hydrogens is 376 g/mol. The topological polar surface area (TPSA) is 90.9 Å². The molecule has 0 saturated heterocycles. The fourth-order valence-electron chi connectivity index (χ4n) is 2.97. The lowest BCUT2D eigenvalue weighted by Gasteiger charge is -2.09. The van der Waals surface area contributed by atoms with Gasteiger partial charge in [0.2, 0.25) is 0 Å². The van der Waals surface area contributed by atoms with Crippen LogP contribution in [-0.2, 0) is 6.54 Å². The van der Waals surface area contributed by atoms with Gasteiger partial charge in [0.25, 0.3) is 11.2 Å². The molecular formula is C20H16N4O3S.